The Morgan fingerprint density at radius 3 is 2.41 bits per heavy atom. The molecule has 0 aromatic heterocycles. The summed E-state index contributed by atoms with van der Waals surface area (Å²) in [7, 11) is 0. The average molecular weight is 512 g/mol. The van der Waals surface area contributed by atoms with Crippen molar-refractivity contribution in [3.05, 3.63) is 105 Å². The largest absolute Gasteiger partial charge is 0.321 e. The Labute approximate surface area is 209 Å². The molecule has 1 aliphatic rings. The lowest BCUT2D eigenvalue weighted by Crippen LogP contribution is -2.30. The van der Waals surface area contributed by atoms with Gasteiger partial charge in [-0.3, -0.25) is 14.5 Å². The summed E-state index contributed by atoms with van der Waals surface area (Å²) in [6.45, 7) is 0. The van der Waals surface area contributed by atoms with Crippen LogP contribution in [0.15, 0.2) is 83.4 Å². The number of nitriles is 1. The van der Waals surface area contributed by atoms with Crippen LogP contribution in [0.1, 0.15) is 5.56 Å². The number of nitrogens with one attached hydrogen (secondary N) is 1. The first-order valence-electron chi connectivity index (χ1n) is 10.1. The zero-order valence-electron chi connectivity index (χ0n) is 17.5. The van der Waals surface area contributed by atoms with Crippen molar-refractivity contribution in [2.75, 3.05) is 10.2 Å². The summed E-state index contributed by atoms with van der Waals surface area (Å²) in [4.78, 5) is 27.7. The van der Waals surface area contributed by atoms with Crippen LogP contribution in [0, 0.1) is 17.1 Å². The molecule has 0 radical (unpaired) electrons. The van der Waals surface area contributed by atoms with Crippen molar-refractivity contribution in [2.24, 2.45) is 0 Å². The molecule has 0 saturated carbocycles. The van der Waals surface area contributed by atoms with Gasteiger partial charge in [0.2, 0.25) is 5.91 Å². The maximum absolute atomic E-state index is 13.5. The molecule has 3 aromatic carbocycles. The monoisotopic (exact) mass is 511 g/mol. The molecule has 0 spiro atoms. The van der Waals surface area contributed by atoms with Gasteiger partial charge in [0, 0.05) is 21.4 Å². The highest BCUT2D eigenvalue weighted by atomic mass is 35.5. The van der Waals surface area contributed by atoms with E-state index in [4.69, 9.17) is 23.2 Å². The number of hydrogen-bond donors (Lipinski definition) is 1. The number of rotatable bonds is 5. The normalized spacial score (nSPS) is 16.8. The van der Waals surface area contributed by atoms with Crippen LogP contribution < -0.4 is 10.2 Å². The maximum atomic E-state index is 13.5. The van der Waals surface area contributed by atoms with Crippen molar-refractivity contribution in [1.82, 2.24) is 0 Å². The second-order valence-electron chi connectivity index (χ2n) is 7.34. The van der Waals surface area contributed by atoms with E-state index in [1.54, 1.807) is 42.5 Å². The molecule has 0 aliphatic carbocycles. The molecular formula is C25H16Cl2FN3O2S. The van der Waals surface area contributed by atoms with Gasteiger partial charge in [-0.15, -0.1) is 0 Å². The molecule has 5 nitrogen and oxygen atoms in total. The highest BCUT2D eigenvalue weighted by molar-refractivity contribution is 8.05. The summed E-state index contributed by atoms with van der Waals surface area (Å²) in [6.07, 6.45) is 0.336. The lowest BCUT2D eigenvalue weighted by atomic mass is 10.1. The molecule has 1 N–H and O–H groups in total. The van der Waals surface area contributed by atoms with Gasteiger partial charge in [0.05, 0.1) is 5.25 Å². The van der Waals surface area contributed by atoms with Crippen molar-refractivity contribution in [3.63, 3.8) is 0 Å². The molecule has 1 aliphatic heterocycles. The van der Waals surface area contributed by atoms with Gasteiger partial charge in [0.25, 0.3) is 5.91 Å². The molecule has 9 heteroatoms. The van der Waals surface area contributed by atoms with Crippen molar-refractivity contribution in [3.8, 4) is 6.07 Å². The third kappa shape index (κ3) is 5.26. The summed E-state index contributed by atoms with van der Waals surface area (Å²) >= 11 is 13.1. The van der Waals surface area contributed by atoms with Crippen LogP contribution >= 0.6 is 35.0 Å². The quantitative estimate of drug-likeness (QED) is 0.327. The minimum Gasteiger partial charge on any atom is -0.321 e. The summed E-state index contributed by atoms with van der Waals surface area (Å²) in [6, 6.07) is 20.8. The Balaban J connectivity index is 1.72. The van der Waals surface area contributed by atoms with Gasteiger partial charge in [0.1, 0.15) is 22.5 Å². The Morgan fingerprint density at radius 1 is 1.06 bits per heavy atom. The number of carbonyl (C=O) groups is 2. The first kappa shape index (κ1) is 23.8. The minimum absolute atomic E-state index is 0.178. The fourth-order valence-electron chi connectivity index (χ4n) is 3.42. The number of hydrogen-bond acceptors (Lipinski definition) is 4. The molecule has 2 amide bonds. The molecule has 0 bridgehead atoms. The molecule has 34 heavy (non-hydrogen) atoms. The number of benzene rings is 3. The van der Waals surface area contributed by atoms with Crippen LogP contribution in [-0.2, 0) is 16.0 Å². The smallest absolute Gasteiger partial charge is 0.269 e. The molecule has 1 atom stereocenters. The summed E-state index contributed by atoms with van der Waals surface area (Å²) < 4.78 is 13.5. The average Bonchev–Trinajstić information content (AvgIpc) is 3.12. The third-order valence-corrected chi connectivity index (χ3v) is 6.75. The molecule has 170 valence electrons. The number of anilines is 2. The van der Waals surface area contributed by atoms with Crippen LogP contribution in [0.25, 0.3) is 0 Å². The van der Waals surface area contributed by atoms with E-state index in [-0.39, 0.29) is 16.5 Å². The number of thioether (sulfide) groups is 1. The van der Waals surface area contributed by atoms with Crippen LogP contribution in [0.5, 0.6) is 0 Å². The Kier molecular flexibility index (Phi) is 7.23. The summed E-state index contributed by atoms with van der Waals surface area (Å²) in [5.41, 5.74) is 1.41. The van der Waals surface area contributed by atoms with Gasteiger partial charge in [-0.2, -0.15) is 5.26 Å². The number of halogens is 3. The molecular weight excluding hydrogens is 496 g/mol. The SMILES string of the molecule is N#C/C(C(=O)Nc1ccc(Cl)cc1)=C1/SC(Cc2cccc(Cl)c2)C(=O)N1c1ccc(F)cc1. The van der Waals surface area contributed by atoms with E-state index in [9.17, 15) is 19.2 Å². The highest BCUT2D eigenvalue weighted by Crippen LogP contribution is 2.42. The predicted octanol–water partition coefficient (Wildman–Crippen LogP) is 6.20. The minimum atomic E-state index is -0.671. The second-order valence-corrected chi connectivity index (χ2v) is 9.41. The van der Waals surface area contributed by atoms with Crippen molar-refractivity contribution in [2.45, 2.75) is 11.7 Å². The van der Waals surface area contributed by atoms with Crippen LogP contribution in [0.2, 0.25) is 10.0 Å². The summed E-state index contributed by atoms with van der Waals surface area (Å²) in [5, 5.41) is 13.1. The van der Waals surface area contributed by atoms with E-state index >= 15 is 0 Å². The first-order valence-corrected chi connectivity index (χ1v) is 11.7. The van der Waals surface area contributed by atoms with Gasteiger partial charge >= 0.3 is 0 Å². The lowest BCUT2D eigenvalue weighted by Gasteiger charge is -2.18. The van der Waals surface area contributed by atoms with E-state index in [1.165, 1.54) is 29.2 Å². The van der Waals surface area contributed by atoms with Gasteiger partial charge in [0.15, 0.2) is 0 Å². The van der Waals surface area contributed by atoms with E-state index in [2.05, 4.69) is 5.32 Å². The number of amides is 2. The fourth-order valence-corrected chi connectivity index (χ4v) is 5.06. The van der Waals surface area contributed by atoms with Gasteiger partial charge < -0.3 is 5.32 Å². The molecule has 1 saturated heterocycles. The molecule has 1 heterocycles. The molecule has 3 aromatic rings. The Morgan fingerprint density at radius 2 is 1.76 bits per heavy atom. The molecule has 4 rings (SSSR count). The third-order valence-electron chi connectivity index (χ3n) is 5.00. The zero-order chi connectivity index (χ0) is 24.2. The summed E-state index contributed by atoms with van der Waals surface area (Å²) in [5.74, 6) is -1.46. The van der Waals surface area contributed by atoms with E-state index in [0.29, 0.717) is 27.8 Å². The molecule has 1 fully saturated rings. The van der Waals surface area contributed by atoms with Crippen LogP contribution in [0.4, 0.5) is 15.8 Å². The van der Waals surface area contributed by atoms with Crippen molar-refractivity contribution >= 4 is 58.2 Å². The molecule has 1 unspecified atom stereocenters. The fraction of sp³-hybridized carbons (Fsp3) is 0.0800. The van der Waals surface area contributed by atoms with E-state index in [1.807, 2.05) is 12.1 Å². The standard InChI is InChI=1S/C25H16Cl2FN3O2S/c26-16-4-8-19(9-5-16)30-23(32)21(14-29)25-31(20-10-6-18(28)7-11-20)24(33)22(34-25)13-15-2-1-3-17(27)12-15/h1-12,22H,13H2,(H,30,32)/b25-21-. The van der Waals surface area contributed by atoms with Gasteiger partial charge in [-0.05, 0) is 72.6 Å². The predicted molar refractivity (Wildman–Crippen MR) is 133 cm³/mol. The van der Waals surface area contributed by atoms with Crippen LogP contribution in [0.3, 0.4) is 0 Å². The van der Waals surface area contributed by atoms with Gasteiger partial charge in [-0.1, -0.05) is 47.1 Å². The number of nitrogens with zero attached hydrogens (tertiary/aromatic N) is 2. The topological polar surface area (TPSA) is 73.2 Å². The first-order chi connectivity index (χ1) is 16.4. The highest BCUT2D eigenvalue weighted by Gasteiger charge is 2.40. The van der Waals surface area contributed by atoms with E-state index in [0.717, 1.165) is 17.3 Å². The van der Waals surface area contributed by atoms with E-state index < -0.39 is 17.0 Å². The lowest BCUT2D eigenvalue weighted by molar-refractivity contribution is -0.117. The number of carbonyl (C=O) groups excluding carboxylic acids is 2. The van der Waals surface area contributed by atoms with Crippen molar-refractivity contribution in [1.29, 1.82) is 5.26 Å². The van der Waals surface area contributed by atoms with Crippen molar-refractivity contribution < 1.29 is 14.0 Å². The van der Waals surface area contributed by atoms with Gasteiger partial charge in [-0.25, -0.2) is 4.39 Å². The maximum Gasteiger partial charge on any atom is 0.269 e. The zero-order valence-corrected chi connectivity index (χ0v) is 19.8. The second kappa shape index (κ2) is 10.3. The Hall–Kier alpha value is -3.31. The van der Waals surface area contributed by atoms with Crippen LogP contribution in [-0.4, -0.2) is 17.1 Å². The Bertz CT molecular complexity index is 1320.